The third-order valence-electron chi connectivity index (χ3n) is 1.63. The largest absolute Gasteiger partial charge is 0.458 e. The van der Waals surface area contributed by atoms with Crippen molar-refractivity contribution in [1.29, 1.82) is 0 Å². The van der Waals surface area contributed by atoms with Gasteiger partial charge >= 0.3 is 5.97 Å². The molecule has 0 saturated heterocycles. The van der Waals surface area contributed by atoms with E-state index in [2.05, 4.69) is 6.58 Å². The number of carbonyl (C=O) groups is 1. The zero-order valence-corrected chi connectivity index (χ0v) is 7.62. The van der Waals surface area contributed by atoms with E-state index < -0.39 is 0 Å². The maximum Gasteiger partial charge on any atom is 0.330 e. The van der Waals surface area contributed by atoms with Gasteiger partial charge in [-0.1, -0.05) is 36.4 Å². The molecule has 0 bridgehead atoms. The fraction of sp³-hybridized carbons (Fsp3) is 0.182. The lowest BCUT2D eigenvalue weighted by Crippen LogP contribution is -2.00. The van der Waals surface area contributed by atoms with E-state index in [1.807, 2.05) is 31.2 Å². The van der Waals surface area contributed by atoms with Crippen LogP contribution in [0, 0.1) is 6.92 Å². The summed E-state index contributed by atoms with van der Waals surface area (Å²) in [6.07, 6.45) is 1.16. The highest BCUT2D eigenvalue weighted by Gasteiger charge is 1.97. The van der Waals surface area contributed by atoms with E-state index in [0.717, 1.165) is 17.2 Å². The van der Waals surface area contributed by atoms with Gasteiger partial charge in [-0.05, 0) is 12.5 Å². The molecule has 0 saturated carbocycles. The average Bonchev–Trinajstić information content (AvgIpc) is 2.14. The molecule has 0 unspecified atom stereocenters. The second kappa shape index (κ2) is 4.45. The van der Waals surface area contributed by atoms with Crippen LogP contribution in [0.5, 0.6) is 0 Å². The van der Waals surface area contributed by atoms with Gasteiger partial charge in [0.2, 0.25) is 0 Å². The van der Waals surface area contributed by atoms with Crippen molar-refractivity contribution in [2.24, 2.45) is 0 Å². The van der Waals surface area contributed by atoms with Crippen molar-refractivity contribution in [1.82, 2.24) is 0 Å². The van der Waals surface area contributed by atoms with E-state index in [0.29, 0.717) is 6.61 Å². The number of benzene rings is 1. The van der Waals surface area contributed by atoms with E-state index in [4.69, 9.17) is 4.74 Å². The molecule has 0 aliphatic carbocycles. The first kappa shape index (κ1) is 9.52. The Hall–Kier alpha value is -1.57. The second-order valence-electron chi connectivity index (χ2n) is 2.80. The quantitative estimate of drug-likeness (QED) is 0.521. The van der Waals surface area contributed by atoms with Crippen molar-refractivity contribution in [3.05, 3.63) is 48.0 Å². The van der Waals surface area contributed by atoms with Crippen LogP contribution in [-0.2, 0) is 16.1 Å². The maximum absolute atomic E-state index is 10.7. The van der Waals surface area contributed by atoms with Gasteiger partial charge < -0.3 is 4.74 Å². The van der Waals surface area contributed by atoms with Crippen LogP contribution in [0.2, 0.25) is 0 Å². The summed E-state index contributed by atoms with van der Waals surface area (Å²) < 4.78 is 4.88. The molecule has 0 aliphatic heterocycles. The minimum Gasteiger partial charge on any atom is -0.458 e. The molecular weight excluding hydrogens is 164 g/mol. The monoisotopic (exact) mass is 176 g/mol. The molecule has 2 nitrogen and oxygen atoms in total. The van der Waals surface area contributed by atoms with Crippen LogP contribution in [0.25, 0.3) is 0 Å². The van der Waals surface area contributed by atoms with Crippen molar-refractivity contribution >= 4 is 5.97 Å². The number of carbonyl (C=O) groups excluding carboxylic acids is 1. The van der Waals surface area contributed by atoms with Crippen molar-refractivity contribution in [3.8, 4) is 0 Å². The summed E-state index contributed by atoms with van der Waals surface area (Å²) in [6.45, 7) is 5.63. The molecule has 68 valence electrons. The van der Waals surface area contributed by atoms with Gasteiger partial charge in [-0.2, -0.15) is 0 Å². The first-order chi connectivity index (χ1) is 6.22. The Labute approximate surface area is 77.8 Å². The van der Waals surface area contributed by atoms with Crippen LogP contribution in [0.1, 0.15) is 11.1 Å². The van der Waals surface area contributed by atoms with Gasteiger partial charge in [-0.25, -0.2) is 4.79 Å². The predicted octanol–water partition coefficient (Wildman–Crippen LogP) is 2.22. The van der Waals surface area contributed by atoms with Gasteiger partial charge in [0.1, 0.15) is 6.61 Å². The maximum atomic E-state index is 10.7. The first-order valence-corrected chi connectivity index (χ1v) is 4.07. The van der Waals surface area contributed by atoms with Crippen LogP contribution in [0.3, 0.4) is 0 Å². The Balaban J connectivity index is 2.54. The molecule has 0 atom stereocenters. The third kappa shape index (κ3) is 3.11. The molecule has 1 aromatic carbocycles. The molecule has 0 radical (unpaired) electrons. The van der Waals surface area contributed by atoms with E-state index >= 15 is 0 Å². The zero-order valence-electron chi connectivity index (χ0n) is 7.62. The first-order valence-electron chi connectivity index (χ1n) is 4.07. The minimum atomic E-state index is -0.387. The molecule has 0 fully saturated rings. The third-order valence-corrected chi connectivity index (χ3v) is 1.63. The van der Waals surface area contributed by atoms with E-state index in [1.54, 1.807) is 0 Å². The van der Waals surface area contributed by atoms with Crippen molar-refractivity contribution < 1.29 is 9.53 Å². The highest BCUT2D eigenvalue weighted by atomic mass is 16.5. The average molecular weight is 176 g/mol. The van der Waals surface area contributed by atoms with E-state index in [1.165, 1.54) is 0 Å². The summed E-state index contributed by atoms with van der Waals surface area (Å²) in [4.78, 5) is 10.7. The number of hydrogen-bond acceptors (Lipinski definition) is 2. The highest BCUT2D eigenvalue weighted by Crippen LogP contribution is 2.05. The molecule has 1 aromatic rings. The fourth-order valence-corrected chi connectivity index (χ4v) is 1.02. The molecular formula is C11H12O2. The number of aryl methyl sites for hydroxylation is 1. The van der Waals surface area contributed by atoms with Crippen LogP contribution in [-0.4, -0.2) is 5.97 Å². The Kier molecular flexibility index (Phi) is 3.26. The van der Waals surface area contributed by atoms with E-state index in [-0.39, 0.29) is 5.97 Å². The highest BCUT2D eigenvalue weighted by molar-refractivity contribution is 5.81. The minimum absolute atomic E-state index is 0.312. The zero-order chi connectivity index (χ0) is 9.68. The van der Waals surface area contributed by atoms with E-state index in [9.17, 15) is 4.79 Å². The molecule has 2 heteroatoms. The van der Waals surface area contributed by atoms with Gasteiger partial charge in [0.05, 0.1) is 0 Å². The Morgan fingerprint density at radius 2 is 2.38 bits per heavy atom. The summed E-state index contributed by atoms with van der Waals surface area (Å²) >= 11 is 0. The summed E-state index contributed by atoms with van der Waals surface area (Å²) in [6, 6.07) is 7.84. The van der Waals surface area contributed by atoms with Gasteiger partial charge in [-0.3, -0.25) is 0 Å². The van der Waals surface area contributed by atoms with Crippen LogP contribution in [0.4, 0.5) is 0 Å². The van der Waals surface area contributed by atoms with Gasteiger partial charge in [-0.15, -0.1) is 0 Å². The lowest BCUT2D eigenvalue weighted by atomic mass is 10.1. The molecule has 0 spiro atoms. The molecule has 0 aliphatic rings. The fourth-order valence-electron chi connectivity index (χ4n) is 1.02. The van der Waals surface area contributed by atoms with Crippen molar-refractivity contribution in [3.63, 3.8) is 0 Å². The lowest BCUT2D eigenvalue weighted by Gasteiger charge is -2.02. The van der Waals surface area contributed by atoms with Gasteiger partial charge in [0.25, 0.3) is 0 Å². The number of esters is 1. The summed E-state index contributed by atoms with van der Waals surface area (Å²) in [5.41, 5.74) is 2.15. The molecule has 0 aromatic heterocycles. The Morgan fingerprint density at radius 3 is 3.00 bits per heavy atom. The topological polar surface area (TPSA) is 26.3 Å². The second-order valence-corrected chi connectivity index (χ2v) is 2.80. The molecule has 1 rings (SSSR count). The van der Waals surface area contributed by atoms with Crippen molar-refractivity contribution in [2.45, 2.75) is 13.5 Å². The van der Waals surface area contributed by atoms with Crippen LogP contribution < -0.4 is 0 Å². The standard InChI is InChI=1S/C11H12O2/c1-3-11(12)13-8-10-6-4-5-9(2)7-10/h3-7H,1,8H2,2H3. The Morgan fingerprint density at radius 1 is 1.62 bits per heavy atom. The molecule has 0 heterocycles. The SMILES string of the molecule is C=CC(=O)OCc1cccc(C)c1. The molecule has 13 heavy (non-hydrogen) atoms. The summed E-state index contributed by atoms with van der Waals surface area (Å²) in [5.74, 6) is -0.387. The van der Waals surface area contributed by atoms with Crippen LogP contribution in [0.15, 0.2) is 36.9 Å². The van der Waals surface area contributed by atoms with Crippen molar-refractivity contribution in [2.75, 3.05) is 0 Å². The molecule has 0 N–H and O–H groups in total. The number of hydrogen-bond donors (Lipinski definition) is 0. The summed E-state index contributed by atoms with van der Waals surface area (Å²) in [7, 11) is 0. The van der Waals surface area contributed by atoms with Gasteiger partial charge in [0.15, 0.2) is 0 Å². The summed E-state index contributed by atoms with van der Waals surface area (Å²) in [5, 5.41) is 0. The number of ether oxygens (including phenoxy) is 1. The molecule has 0 amide bonds. The smallest absolute Gasteiger partial charge is 0.330 e. The lowest BCUT2D eigenvalue weighted by molar-refractivity contribution is -0.138. The number of rotatable bonds is 3. The normalized spacial score (nSPS) is 9.31. The predicted molar refractivity (Wildman–Crippen MR) is 51.2 cm³/mol. The Bertz CT molecular complexity index is 316. The van der Waals surface area contributed by atoms with Crippen LogP contribution >= 0.6 is 0 Å². The van der Waals surface area contributed by atoms with Gasteiger partial charge in [0, 0.05) is 6.08 Å².